The number of ether oxygens (including phenoxy) is 1. The Hall–Kier alpha value is -0.930. The summed E-state index contributed by atoms with van der Waals surface area (Å²) in [5, 5.41) is 9.49. The number of aliphatic hydroxyl groups excluding tert-OH is 1. The summed E-state index contributed by atoms with van der Waals surface area (Å²) in [6.45, 7) is 3.00. The molecule has 0 saturated carbocycles. The minimum absolute atomic E-state index is 0.378. The van der Waals surface area contributed by atoms with Crippen molar-refractivity contribution in [3.05, 3.63) is 30.1 Å². The predicted octanol–water partition coefficient (Wildman–Crippen LogP) is 1.41. The zero-order valence-corrected chi connectivity index (χ0v) is 8.52. The molecule has 0 unspecified atom stereocenters. The minimum atomic E-state index is -0.378. The molecule has 14 heavy (non-hydrogen) atoms. The van der Waals surface area contributed by atoms with Gasteiger partial charge in [-0.05, 0) is 31.9 Å². The second kappa shape index (κ2) is 6.51. The molecule has 0 aliphatic heterocycles. The van der Waals surface area contributed by atoms with Gasteiger partial charge in [0.05, 0.1) is 12.7 Å². The highest BCUT2D eigenvalue weighted by atomic mass is 16.5. The number of aliphatic hydroxyl groups is 1. The molecule has 0 saturated heterocycles. The van der Waals surface area contributed by atoms with Gasteiger partial charge >= 0.3 is 0 Å². The topological polar surface area (TPSA) is 42.4 Å². The van der Waals surface area contributed by atoms with Gasteiger partial charge in [-0.2, -0.15) is 0 Å². The van der Waals surface area contributed by atoms with Crippen LogP contribution in [0.2, 0.25) is 0 Å². The van der Waals surface area contributed by atoms with Crippen molar-refractivity contribution in [3.8, 4) is 0 Å². The third kappa shape index (κ3) is 4.35. The van der Waals surface area contributed by atoms with Gasteiger partial charge in [-0.3, -0.25) is 4.98 Å². The summed E-state index contributed by atoms with van der Waals surface area (Å²) in [6, 6.07) is 5.81. The van der Waals surface area contributed by atoms with Gasteiger partial charge in [-0.1, -0.05) is 6.07 Å². The molecule has 0 spiro atoms. The van der Waals surface area contributed by atoms with Crippen molar-refractivity contribution in [2.45, 2.75) is 25.9 Å². The zero-order valence-electron chi connectivity index (χ0n) is 8.52. The first-order valence-corrected chi connectivity index (χ1v) is 4.98. The lowest BCUT2D eigenvalue weighted by atomic mass is 10.1. The predicted molar refractivity (Wildman–Crippen MR) is 55.1 cm³/mol. The summed E-state index contributed by atoms with van der Waals surface area (Å²) < 4.78 is 5.11. The molecule has 1 atom stereocenters. The van der Waals surface area contributed by atoms with Crippen molar-refractivity contribution >= 4 is 0 Å². The molecule has 1 aromatic rings. The Bertz CT molecular complexity index is 238. The second-order valence-electron chi connectivity index (χ2n) is 3.17. The number of hydrogen-bond acceptors (Lipinski definition) is 3. The quantitative estimate of drug-likeness (QED) is 0.746. The normalized spacial score (nSPS) is 12.7. The first kappa shape index (κ1) is 11.1. The van der Waals surface area contributed by atoms with Crippen LogP contribution in [0.4, 0.5) is 0 Å². The van der Waals surface area contributed by atoms with Crippen LogP contribution in [0.3, 0.4) is 0 Å². The van der Waals surface area contributed by atoms with E-state index in [0.717, 1.165) is 12.1 Å². The van der Waals surface area contributed by atoms with Crippen molar-refractivity contribution in [2.75, 3.05) is 13.2 Å². The molecule has 1 heterocycles. The van der Waals surface area contributed by atoms with E-state index in [2.05, 4.69) is 4.98 Å². The van der Waals surface area contributed by atoms with E-state index in [-0.39, 0.29) is 6.10 Å². The second-order valence-corrected chi connectivity index (χ2v) is 3.17. The number of rotatable bonds is 6. The molecule has 0 bridgehead atoms. The van der Waals surface area contributed by atoms with E-state index in [0.29, 0.717) is 19.6 Å². The maximum atomic E-state index is 9.49. The van der Waals surface area contributed by atoms with Crippen molar-refractivity contribution in [1.82, 2.24) is 4.98 Å². The first-order valence-electron chi connectivity index (χ1n) is 4.98. The van der Waals surface area contributed by atoms with Gasteiger partial charge in [-0.25, -0.2) is 0 Å². The Morgan fingerprint density at radius 3 is 3.00 bits per heavy atom. The van der Waals surface area contributed by atoms with Crippen LogP contribution in [0.25, 0.3) is 0 Å². The molecule has 0 aliphatic rings. The number of aromatic nitrogens is 1. The Kier molecular flexibility index (Phi) is 5.19. The summed E-state index contributed by atoms with van der Waals surface area (Å²) in [6.07, 6.45) is 2.90. The van der Waals surface area contributed by atoms with E-state index < -0.39 is 0 Å². The van der Waals surface area contributed by atoms with Gasteiger partial charge in [0, 0.05) is 18.5 Å². The van der Waals surface area contributed by atoms with Gasteiger partial charge < -0.3 is 9.84 Å². The fourth-order valence-corrected chi connectivity index (χ4v) is 1.20. The highest BCUT2D eigenvalue weighted by Gasteiger charge is 2.04. The third-order valence-corrected chi connectivity index (χ3v) is 1.97. The number of aryl methyl sites for hydroxylation is 1. The Morgan fingerprint density at radius 2 is 2.36 bits per heavy atom. The van der Waals surface area contributed by atoms with Crippen LogP contribution in [0.5, 0.6) is 0 Å². The van der Waals surface area contributed by atoms with Crippen LogP contribution in [0.1, 0.15) is 19.0 Å². The Balaban J connectivity index is 2.20. The van der Waals surface area contributed by atoms with Gasteiger partial charge in [-0.15, -0.1) is 0 Å². The molecule has 78 valence electrons. The van der Waals surface area contributed by atoms with Crippen LogP contribution in [0.15, 0.2) is 24.4 Å². The summed E-state index contributed by atoms with van der Waals surface area (Å²) >= 11 is 0. The fraction of sp³-hybridized carbons (Fsp3) is 0.545. The zero-order chi connectivity index (χ0) is 10.2. The lowest BCUT2D eigenvalue weighted by molar-refractivity contribution is 0.0383. The van der Waals surface area contributed by atoms with Crippen LogP contribution >= 0.6 is 0 Å². The molecule has 1 aromatic heterocycles. The maximum Gasteiger partial charge on any atom is 0.0777 e. The highest BCUT2D eigenvalue weighted by Crippen LogP contribution is 2.02. The van der Waals surface area contributed by atoms with E-state index in [9.17, 15) is 5.11 Å². The van der Waals surface area contributed by atoms with Crippen molar-refractivity contribution in [2.24, 2.45) is 0 Å². The number of hydrogen-bond donors (Lipinski definition) is 1. The summed E-state index contributed by atoms with van der Waals surface area (Å²) in [7, 11) is 0. The lowest BCUT2D eigenvalue weighted by Crippen LogP contribution is -2.16. The SMILES string of the molecule is CCOC[C@@H](O)CCc1ccccn1. The molecular formula is C11H17NO2. The molecule has 1 N–H and O–H groups in total. The summed E-state index contributed by atoms with van der Waals surface area (Å²) in [4.78, 5) is 4.18. The number of pyridine rings is 1. The summed E-state index contributed by atoms with van der Waals surface area (Å²) in [5.41, 5.74) is 1.02. The van der Waals surface area contributed by atoms with Gasteiger partial charge in [0.1, 0.15) is 0 Å². The molecular weight excluding hydrogens is 178 g/mol. The average Bonchev–Trinajstić information content (AvgIpc) is 2.25. The largest absolute Gasteiger partial charge is 0.391 e. The first-order chi connectivity index (χ1) is 6.83. The molecule has 0 fully saturated rings. The molecule has 3 heteroatoms. The molecule has 1 rings (SSSR count). The fourth-order valence-electron chi connectivity index (χ4n) is 1.20. The standard InChI is InChI=1S/C11H17NO2/c1-2-14-9-11(13)7-6-10-5-3-4-8-12-10/h3-5,8,11,13H,2,6-7,9H2,1H3/t11-/m0/s1. The van der Waals surface area contributed by atoms with E-state index in [1.165, 1.54) is 0 Å². The minimum Gasteiger partial charge on any atom is -0.391 e. The third-order valence-electron chi connectivity index (χ3n) is 1.97. The number of nitrogens with zero attached hydrogens (tertiary/aromatic N) is 1. The molecule has 0 aliphatic carbocycles. The van der Waals surface area contributed by atoms with Crippen LogP contribution < -0.4 is 0 Å². The molecule has 0 radical (unpaired) electrons. The Morgan fingerprint density at radius 1 is 1.50 bits per heavy atom. The van der Waals surface area contributed by atoms with Gasteiger partial charge in [0.15, 0.2) is 0 Å². The maximum absolute atomic E-state index is 9.49. The van der Waals surface area contributed by atoms with Crippen molar-refractivity contribution in [3.63, 3.8) is 0 Å². The van der Waals surface area contributed by atoms with E-state index in [1.807, 2.05) is 25.1 Å². The van der Waals surface area contributed by atoms with Crippen molar-refractivity contribution < 1.29 is 9.84 Å². The lowest BCUT2D eigenvalue weighted by Gasteiger charge is -2.09. The van der Waals surface area contributed by atoms with E-state index in [4.69, 9.17) is 4.74 Å². The highest BCUT2D eigenvalue weighted by molar-refractivity contribution is 5.03. The monoisotopic (exact) mass is 195 g/mol. The van der Waals surface area contributed by atoms with Crippen LogP contribution in [0, 0.1) is 0 Å². The molecule has 3 nitrogen and oxygen atoms in total. The van der Waals surface area contributed by atoms with E-state index >= 15 is 0 Å². The van der Waals surface area contributed by atoms with Gasteiger partial charge in [0.2, 0.25) is 0 Å². The average molecular weight is 195 g/mol. The van der Waals surface area contributed by atoms with Gasteiger partial charge in [0.25, 0.3) is 0 Å². The Labute approximate surface area is 84.7 Å². The van der Waals surface area contributed by atoms with Crippen LogP contribution in [-0.2, 0) is 11.2 Å². The van der Waals surface area contributed by atoms with Crippen molar-refractivity contribution in [1.29, 1.82) is 0 Å². The van der Waals surface area contributed by atoms with E-state index in [1.54, 1.807) is 6.20 Å². The van der Waals surface area contributed by atoms with Crippen LogP contribution in [-0.4, -0.2) is 29.4 Å². The smallest absolute Gasteiger partial charge is 0.0777 e. The molecule has 0 aromatic carbocycles. The molecule has 0 amide bonds. The summed E-state index contributed by atoms with van der Waals surface area (Å²) in [5.74, 6) is 0.